The number of nitrogens with one attached hydrogen (secondary N) is 2. The van der Waals surface area contributed by atoms with E-state index in [0.717, 1.165) is 32.5 Å². The van der Waals surface area contributed by atoms with Crippen molar-refractivity contribution in [1.82, 2.24) is 15.2 Å². The average molecular weight is 333 g/mol. The van der Waals surface area contributed by atoms with Crippen molar-refractivity contribution in [1.29, 1.82) is 0 Å². The molecule has 20 heavy (non-hydrogen) atoms. The van der Waals surface area contributed by atoms with Gasteiger partial charge in [-0.2, -0.15) is 5.10 Å². The van der Waals surface area contributed by atoms with Crippen molar-refractivity contribution < 1.29 is 4.74 Å². The minimum absolute atomic E-state index is 0.716. The summed E-state index contributed by atoms with van der Waals surface area (Å²) in [5.41, 5.74) is 2.92. The summed E-state index contributed by atoms with van der Waals surface area (Å²) in [7, 11) is 1.66. The van der Waals surface area contributed by atoms with Crippen molar-refractivity contribution >= 4 is 32.7 Å². The summed E-state index contributed by atoms with van der Waals surface area (Å²) in [6.07, 6.45) is 3.55. The minimum Gasteiger partial charge on any atom is -0.496 e. The van der Waals surface area contributed by atoms with Gasteiger partial charge in [0.25, 0.3) is 0 Å². The first-order valence-corrected chi connectivity index (χ1v) is 6.91. The molecule has 0 saturated heterocycles. The molecule has 2 aromatic heterocycles. The molecule has 0 aliphatic rings. The summed E-state index contributed by atoms with van der Waals surface area (Å²) >= 11 is 3.48. The molecule has 0 aliphatic heterocycles. The molecule has 0 aliphatic carbocycles. The SMILES string of the molecule is COc1ccc(CNc2cnc3[nH]ncc3c2)cc1Br. The van der Waals surface area contributed by atoms with Gasteiger partial charge < -0.3 is 10.1 Å². The van der Waals surface area contributed by atoms with Crippen LogP contribution in [0.3, 0.4) is 0 Å². The molecular formula is C14H13BrN4O. The highest BCUT2D eigenvalue weighted by Gasteiger charge is 2.03. The number of benzene rings is 1. The summed E-state index contributed by atoms with van der Waals surface area (Å²) in [5.74, 6) is 0.829. The number of pyridine rings is 1. The first kappa shape index (κ1) is 12.9. The lowest BCUT2D eigenvalue weighted by atomic mass is 10.2. The van der Waals surface area contributed by atoms with E-state index in [1.807, 2.05) is 24.3 Å². The number of fused-ring (bicyclic) bond motifs is 1. The molecule has 1 aromatic carbocycles. The first-order chi connectivity index (χ1) is 9.76. The van der Waals surface area contributed by atoms with Crippen molar-refractivity contribution in [3.8, 4) is 5.75 Å². The van der Waals surface area contributed by atoms with Crippen LogP contribution in [0.25, 0.3) is 11.0 Å². The molecule has 0 amide bonds. The molecule has 0 fully saturated rings. The van der Waals surface area contributed by atoms with Gasteiger partial charge in [0.1, 0.15) is 5.75 Å². The van der Waals surface area contributed by atoms with E-state index in [2.05, 4.69) is 36.4 Å². The van der Waals surface area contributed by atoms with Gasteiger partial charge in [0.15, 0.2) is 5.65 Å². The second-order valence-corrected chi connectivity index (χ2v) is 5.21. The molecular weight excluding hydrogens is 320 g/mol. The number of methoxy groups -OCH3 is 1. The molecule has 5 nitrogen and oxygen atoms in total. The lowest BCUT2D eigenvalue weighted by Crippen LogP contribution is -2.00. The van der Waals surface area contributed by atoms with E-state index in [-0.39, 0.29) is 0 Å². The van der Waals surface area contributed by atoms with Crippen LogP contribution in [0.2, 0.25) is 0 Å². The number of ether oxygens (including phenoxy) is 1. The van der Waals surface area contributed by atoms with Gasteiger partial charge in [0, 0.05) is 11.9 Å². The van der Waals surface area contributed by atoms with Crippen LogP contribution < -0.4 is 10.1 Å². The van der Waals surface area contributed by atoms with Gasteiger partial charge in [0.2, 0.25) is 0 Å². The number of aromatic amines is 1. The van der Waals surface area contributed by atoms with E-state index in [1.165, 1.54) is 0 Å². The van der Waals surface area contributed by atoms with Crippen LogP contribution in [0.4, 0.5) is 5.69 Å². The summed E-state index contributed by atoms with van der Waals surface area (Å²) in [4.78, 5) is 4.29. The van der Waals surface area contributed by atoms with Crippen LogP contribution in [-0.2, 0) is 6.54 Å². The molecule has 2 N–H and O–H groups in total. The number of halogens is 1. The highest BCUT2D eigenvalue weighted by Crippen LogP contribution is 2.26. The van der Waals surface area contributed by atoms with Crippen molar-refractivity contribution in [3.05, 3.63) is 46.7 Å². The van der Waals surface area contributed by atoms with E-state index < -0.39 is 0 Å². The summed E-state index contributed by atoms with van der Waals surface area (Å²) in [6.45, 7) is 0.716. The molecule has 3 aromatic rings. The lowest BCUT2D eigenvalue weighted by Gasteiger charge is -2.08. The number of anilines is 1. The highest BCUT2D eigenvalue weighted by molar-refractivity contribution is 9.10. The predicted octanol–water partition coefficient (Wildman–Crippen LogP) is 3.34. The lowest BCUT2D eigenvalue weighted by molar-refractivity contribution is 0.412. The van der Waals surface area contributed by atoms with Crippen LogP contribution in [0.15, 0.2) is 41.1 Å². The van der Waals surface area contributed by atoms with Crippen molar-refractivity contribution in [2.45, 2.75) is 6.54 Å². The number of H-pyrrole nitrogens is 1. The van der Waals surface area contributed by atoms with Crippen molar-refractivity contribution in [3.63, 3.8) is 0 Å². The third kappa shape index (κ3) is 2.60. The van der Waals surface area contributed by atoms with Gasteiger partial charge >= 0.3 is 0 Å². The third-order valence-electron chi connectivity index (χ3n) is 3.00. The van der Waals surface area contributed by atoms with Gasteiger partial charge in [-0.05, 0) is 39.7 Å². The van der Waals surface area contributed by atoms with Gasteiger partial charge in [-0.1, -0.05) is 6.07 Å². The molecule has 6 heteroatoms. The van der Waals surface area contributed by atoms with Crippen LogP contribution in [0.1, 0.15) is 5.56 Å². The Morgan fingerprint density at radius 1 is 1.30 bits per heavy atom. The molecule has 2 heterocycles. The zero-order valence-corrected chi connectivity index (χ0v) is 12.4. The predicted molar refractivity (Wildman–Crippen MR) is 81.9 cm³/mol. The number of hydrogen-bond acceptors (Lipinski definition) is 4. The molecule has 0 spiro atoms. The minimum atomic E-state index is 0.716. The fourth-order valence-corrected chi connectivity index (χ4v) is 2.55. The van der Waals surface area contributed by atoms with Gasteiger partial charge in [-0.3, -0.25) is 5.10 Å². The Morgan fingerprint density at radius 3 is 3.00 bits per heavy atom. The Kier molecular flexibility index (Phi) is 3.56. The Hall–Kier alpha value is -2.08. The van der Waals surface area contributed by atoms with E-state index in [1.54, 1.807) is 19.5 Å². The van der Waals surface area contributed by atoms with Crippen molar-refractivity contribution in [2.75, 3.05) is 12.4 Å². The topological polar surface area (TPSA) is 62.8 Å². The van der Waals surface area contributed by atoms with Crippen LogP contribution in [0, 0.1) is 0 Å². The summed E-state index contributed by atoms with van der Waals surface area (Å²) in [6, 6.07) is 8.03. The van der Waals surface area contributed by atoms with Crippen molar-refractivity contribution in [2.24, 2.45) is 0 Å². The molecule has 0 atom stereocenters. The monoisotopic (exact) mass is 332 g/mol. The second-order valence-electron chi connectivity index (χ2n) is 4.35. The van der Waals surface area contributed by atoms with Gasteiger partial charge in [0.05, 0.1) is 29.7 Å². The Morgan fingerprint density at radius 2 is 2.20 bits per heavy atom. The maximum absolute atomic E-state index is 5.21. The fourth-order valence-electron chi connectivity index (χ4n) is 1.96. The molecule has 0 bridgehead atoms. The van der Waals surface area contributed by atoms with Gasteiger partial charge in [-0.15, -0.1) is 0 Å². The maximum Gasteiger partial charge on any atom is 0.155 e. The first-order valence-electron chi connectivity index (χ1n) is 6.11. The quantitative estimate of drug-likeness (QED) is 0.769. The molecule has 102 valence electrons. The third-order valence-corrected chi connectivity index (χ3v) is 3.62. The van der Waals surface area contributed by atoms with E-state index >= 15 is 0 Å². The maximum atomic E-state index is 5.21. The Balaban J connectivity index is 1.73. The zero-order valence-electron chi connectivity index (χ0n) is 10.9. The van der Waals surface area contributed by atoms with Gasteiger partial charge in [-0.25, -0.2) is 4.98 Å². The fraction of sp³-hybridized carbons (Fsp3) is 0.143. The number of nitrogens with zero attached hydrogens (tertiary/aromatic N) is 2. The summed E-state index contributed by atoms with van der Waals surface area (Å²) < 4.78 is 6.16. The Bertz CT molecular complexity index is 741. The largest absolute Gasteiger partial charge is 0.496 e. The average Bonchev–Trinajstić information content (AvgIpc) is 2.92. The van der Waals surface area contributed by atoms with E-state index in [9.17, 15) is 0 Å². The molecule has 0 unspecified atom stereocenters. The number of rotatable bonds is 4. The van der Waals surface area contributed by atoms with Crippen LogP contribution >= 0.6 is 15.9 Å². The molecule has 0 saturated carbocycles. The smallest absolute Gasteiger partial charge is 0.155 e. The van der Waals surface area contributed by atoms with Crippen LogP contribution in [0.5, 0.6) is 5.75 Å². The standard InChI is InChI=1S/C14H13BrN4O/c1-20-13-3-2-9(4-12(13)15)6-16-11-5-10-7-18-19-14(10)17-8-11/h2-5,7-8,16H,6H2,1H3,(H,17,18,19). The van der Waals surface area contributed by atoms with E-state index in [0.29, 0.717) is 6.54 Å². The van der Waals surface area contributed by atoms with E-state index in [4.69, 9.17) is 4.74 Å². The van der Waals surface area contributed by atoms with Crippen LogP contribution in [-0.4, -0.2) is 22.3 Å². The second kappa shape index (κ2) is 5.50. The zero-order chi connectivity index (χ0) is 13.9. The Labute approximate surface area is 124 Å². The highest BCUT2D eigenvalue weighted by atomic mass is 79.9. The molecule has 3 rings (SSSR count). The number of aromatic nitrogens is 3. The summed E-state index contributed by atoms with van der Waals surface area (Å²) in [5, 5.41) is 11.1. The molecule has 0 radical (unpaired) electrons. The number of hydrogen-bond donors (Lipinski definition) is 2. The normalized spacial score (nSPS) is 10.7.